The topological polar surface area (TPSA) is 16.4 Å². The lowest BCUT2D eigenvalue weighted by molar-refractivity contribution is 0.616. The molecule has 2 nitrogen and oxygen atoms in total. The van der Waals surface area contributed by atoms with Gasteiger partial charge in [-0.2, -0.15) is 0 Å². The van der Waals surface area contributed by atoms with Crippen molar-refractivity contribution in [3.63, 3.8) is 0 Å². The van der Waals surface area contributed by atoms with E-state index in [9.17, 15) is 0 Å². The van der Waals surface area contributed by atoms with Crippen LogP contribution in [-0.4, -0.2) is 0 Å². The van der Waals surface area contributed by atoms with Gasteiger partial charge in [-0.3, -0.25) is 0 Å². The van der Waals surface area contributed by atoms with Crippen LogP contribution in [0.3, 0.4) is 0 Å². The van der Waals surface area contributed by atoms with Gasteiger partial charge in [0.25, 0.3) is 0 Å². The molecule has 338 valence electrons. The Morgan fingerprint density at radius 1 is 0.264 bits per heavy atom. The molecule has 0 unspecified atom stereocenters. The van der Waals surface area contributed by atoms with Crippen molar-refractivity contribution in [1.82, 2.24) is 0 Å². The second-order valence-electron chi connectivity index (χ2n) is 19.2. The molecule has 11 aromatic carbocycles. The number of fused-ring (bicyclic) bond motifs is 7. The Kier molecular flexibility index (Phi) is 9.69. The zero-order chi connectivity index (χ0) is 47.6. The summed E-state index contributed by atoms with van der Waals surface area (Å²) < 4.78 is 5.97. The summed E-state index contributed by atoms with van der Waals surface area (Å²) in [5, 5.41) is 1.05. The number of hydrogen-bond donors (Lipinski definition) is 0. The molecule has 0 fully saturated rings. The number of furan rings is 1. The number of hydrogen-bond acceptors (Lipinski definition) is 2. The lowest BCUT2D eigenvalue weighted by Gasteiger charge is -2.36. The van der Waals surface area contributed by atoms with Crippen LogP contribution in [0.25, 0.3) is 55.5 Å². The fraction of sp³-hybridized carbons (Fsp3) is 0.0286. The lowest BCUT2D eigenvalue weighted by Crippen LogP contribution is -2.29. The summed E-state index contributed by atoms with van der Waals surface area (Å²) in [7, 11) is 0. The Labute approximate surface area is 420 Å². The third-order valence-corrected chi connectivity index (χ3v) is 15.5. The fourth-order valence-corrected chi connectivity index (χ4v) is 12.4. The van der Waals surface area contributed by atoms with Crippen molar-refractivity contribution in [3.05, 3.63) is 330 Å². The minimum absolute atomic E-state index is 0.625. The molecule has 1 heterocycles. The summed E-state index contributed by atoms with van der Waals surface area (Å²) in [6.07, 6.45) is 1.79. The van der Waals surface area contributed by atoms with Gasteiger partial charge in [0.05, 0.1) is 17.1 Å². The maximum atomic E-state index is 5.97. The van der Waals surface area contributed by atoms with E-state index in [2.05, 4.69) is 284 Å². The number of nitrogens with zero attached hydrogens (tertiary/aromatic N) is 1. The molecule has 2 aliphatic rings. The van der Waals surface area contributed by atoms with Gasteiger partial charge in [0.15, 0.2) is 0 Å². The van der Waals surface area contributed by atoms with Crippen molar-refractivity contribution >= 4 is 28.0 Å². The molecule has 0 spiro atoms. The SMILES string of the molecule is c1ccc(-c2ccc3c(c2)C(c2ccccc2)(c2ccccc2)c2cc(N(c4ccc5c(c4)C(c4ccccc4)(c4ccccc4)c4cc(-c6ccccc6)ccc4-5)c4ccc5occc5c4)ccc2-3)cc1. The highest BCUT2D eigenvalue weighted by Crippen LogP contribution is 2.60. The van der Waals surface area contributed by atoms with Crippen LogP contribution >= 0.6 is 0 Å². The summed E-state index contributed by atoms with van der Waals surface area (Å²) in [5.41, 5.74) is 22.5. The van der Waals surface area contributed by atoms with E-state index in [4.69, 9.17) is 4.42 Å². The van der Waals surface area contributed by atoms with Gasteiger partial charge in [0.2, 0.25) is 0 Å². The van der Waals surface area contributed by atoms with Crippen molar-refractivity contribution in [2.24, 2.45) is 0 Å². The van der Waals surface area contributed by atoms with Gasteiger partial charge in [-0.15, -0.1) is 0 Å². The van der Waals surface area contributed by atoms with Gasteiger partial charge in [-0.25, -0.2) is 0 Å². The van der Waals surface area contributed by atoms with E-state index in [0.717, 1.165) is 28.0 Å². The molecule has 0 bridgehead atoms. The smallest absolute Gasteiger partial charge is 0.133 e. The molecule has 12 aromatic rings. The molecular formula is C70H47NO. The zero-order valence-electron chi connectivity index (χ0n) is 39.5. The Balaban J connectivity index is 1.04. The summed E-state index contributed by atoms with van der Waals surface area (Å²) in [6, 6.07) is 103. The molecule has 1 aromatic heterocycles. The van der Waals surface area contributed by atoms with Gasteiger partial charge in [-0.1, -0.05) is 218 Å². The van der Waals surface area contributed by atoms with Crippen LogP contribution in [0, 0.1) is 0 Å². The first-order valence-electron chi connectivity index (χ1n) is 24.9. The predicted molar refractivity (Wildman–Crippen MR) is 296 cm³/mol. The molecule has 0 saturated heterocycles. The summed E-state index contributed by atoms with van der Waals surface area (Å²) in [4.78, 5) is 2.46. The average molecular weight is 918 g/mol. The minimum atomic E-state index is -0.625. The van der Waals surface area contributed by atoms with Crippen LogP contribution in [0.5, 0.6) is 0 Å². The monoisotopic (exact) mass is 917 g/mol. The maximum Gasteiger partial charge on any atom is 0.133 e. The van der Waals surface area contributed by atoms with Crippen molar-refractivity contribution in [2.45, 2.75) is 10.8 Å². The molecule has 0 amide bonds. The van der Waals surface area contributed by atoms with Gasteiger partial charge in [-0.05, 0) is 150 Å². The zero-order valence-corrected chi connectivity index (χ0v) is 39.5. The van der Waals surface area contributed by atoms with E-state index >= 15 is 0 Å². The molecule has 2 aliphatic carbocycles. The van der Waals surface area contributed by atoms with Crippen molar-refractivity contribution in [3.8, 4) is 44.5 Å². The highest BCUT2D eigenvalue weighted by atomic mass is 16.3. The van der Waals surface area contributed by atoms with Crippen LogP contribution in [0.4, 0.5) is 17.1 Å². The molecule has 0 aliphatic heterocycles. The van der Waals surface area contributed by atoms with E-state index in [0.29, 0.717) is 0 Å². The van der Waals surface area contributed by atoms with Crippen LogP contribution in [0.15, 0.2) is 290 Å². The van der Waals surface area contributed by atoms with Crippen LogP contribution in [-0.2, 0) is 10.8 Å². The molecule has 0 saturated carbocycles. The van der Waals surface area contributed by atoms with Gasteiger partial charge < -0.3 is 9.32 Å². The van der Waals surface area contributed by atoms with Crippen LogP contribution < -0.4 is 4.90 Å². The first kappa shape index (κ1) is 41.7. The summed E-state index contributed by atoms with van der Waals surface area (Å²) in [5.74, 6) is 0. The third kappa shape index (κ3) is 6.29. The van der Waals surface area contributed by atoms with Crippen molar-refractivity contribution in [1.29, 1.82) is 0 Å². The summed E-state index contributed by atoms with van der Waals surface area (Å²) >= 11 is 0. The first-order chi connectivity index (χ1) is 35.7. The quantitative estimate of drug-likeness (QED) is 0.143. The molecular weight excluding hydrogens is 871 g/mol. The molecule has 14 rings (SSSR count). The van der Waals surface area contributed by atoms with E-state index in [-0.39, 0.29) is 0 Å². The number of rotatable bonds is 9. The van der Waals surface area contributed by atoms with E-state index in [1.54, 1.807) is 6.26 Å². The fourth-order valence-electron chi connectivity index (χ4n) is 12.4. The Bertz CT molecular complexity index is 3650. The molecule has 2 heteroatoms. The van der Waals surface area contributed by atoms with Gasteiger partial charge >= 0.3 is 0 Å². The Morgan fingerprint density at radius 3 is 1.00 bits per heavy atom. The third-order valence-electron chi connectivity index (χ3n) is 15.5. The second kappa shape index (κ2) is 16.7. The molecule has 0 radical (unpaired) electrons. The average Bonchev–Trinajstić information content (AvgIpc) is 4.14. The maximum absolute atomic E-state index is 5.97. The predicted octanol–water partition coefficient (Wildman–Crippen LogP) is 18.0. The largest absolute Gasteiger partial charge is 0.464 e. The molecule has 0 N–H and O–H groups in total. The highest BCUT2D eigenvalue weighted by Gasteiger charge is 2.48. The van der Waals surface area contributed by atoms with Gasteiger partial charge in [0.1, 0.15) is 5.58 Å². The molecule has 0 atom stereocenters. The standard InChI is InChI=1S/C70H47NO/c1-7-19-48(20-8-1)50-31-36-60-62-38-33-58(46-66(62)69(64(60)44-50,53-23-11-3-12-24-53)54-25-13-4-14-26-54)71(57-35-40-68-52(43-57)41-42-72-68)59-34-39-63-61-37-32-51(49-21-9-2-10-22-49)45-65(61)70(67(63)47-59,55-27-15-5-16-28-55)56-29-17-6-18-30-56/h1-47H. The highest BCUT2D eigenvalue weighted by molar-refractivity contribution is 5.95. The normalized spacial score (nSPS) is 13.5. The number of benzene rings is 11. The van der Waals surface area contributed by atoms with Crippen LogP contribution in [0.2, 0.25) is 0 Å². The van der Waals surface area contributed by atoms with Crippen molar-refractivity contribution < 1.29 is 4.42 Å². The van der Waals surface area contributed by atoms with Crippen molar-refractivity contribution in [2.75, 3.05) is 4.90 Å². The molecule has 72 heavy (non-hydrogen) atoms. The Hall–Kier alpha value is -9.24. The summed E-state index contributed by atoms with van der Waals surface area (Å²) in [6.45, 7) is 0. The van der Waals surface area contributed by atoms with Crippen LogP contribution in [0.1, 0.15) is 44.5 Å². The number of anilines is 3. The van der Waals surface area contributed by atoms with E-state index < -0.39 is 10.8 Å². The van der Waals surface area contributed by atoms with E-state index in [1.807, 2.05) is 0 Å². The minimum Gasteiger partial charge on any atom is -0.464 e. The van der Waals surface area contributed by atoms with E-state index in [1.165, 1.54) is 89.0 Å². The first-order valence-corrected chi connectivity index (χ1v) is 24.9. The Morgan fingerprint density at radius 2 is 0.597 bits per heavy atom. The second-order valence-corrected chi connectivity index (χ2v) is 19.2. The lowest BCUT2D eigenvalue weighted by atomic mass is 9.67. The van der Waals surface area contributed by atoms with Gasteiger partial charge in [0, 0.05) is 22.4 Å².